The van der Waals surface area contributed by atoms with E-state index >= 15 is 0 Å². The van der Waals surface area contributed by atoms with Crippen molar-refractivity contribution < 1.29 is 4.74 Å². The summed E-state index contributed by atoms with van der Waals surface area (Å²) in [4.78, 5) is 0. The van der Waals surface area contributed by atoms with Crippen LogP contribution < -0.4 is 4.74 Å². The number of aromatic nitrogens is 2. The Morgan fingerprint density at radius 3 is 2.44 bits per heavy atom. The monoisotopic (exact) mass is 360 g/mol. The molecule has 3 heteroatoms. The fraction of sp³-hybridized carbons (Fsp3) is 0.375. The highest BCUT2D eigenvalue weighted by Crippen LogP contribution is 2.37. The second-order valence-corrected chi connectivity index (χ2v) is 7.59. The third-order valence-corrected chi connectivity index (χ3v) is 5.69. The van der Waals surface area contributed by atoms with Crippen LogP contribution >= 0.6 is 0 Å². The maximum atomic E-state index is 5.46. The largest absolute Gasteiger partial charge is 0.497 e. The van der Waals surface area contributed by atoms with Crippen molar-refractivity contribution in [2.75, 3.05) is 7.11 Å². The number of hydrogen-bond donors (Lipinski definition) is 0. The van der Waals surface area contributed by atoms with Crippen molar-refractivity contribution >= 4 is 0 Å². The predicted molar refractivity (Wildman–Crippen MR) is 111 cm³/mol. The number of methoxy groups -OCH3 is 1. The minimum atomic E-state index is 0.735. The zero-order valence-electron chi connectivity index (χ0n) is 16.3. The second-order valence-electron chi connectivity index (χ2n) is 7.59. The molecule has 140 valence electrons. The van der Waals surface area contributed by atoms with Crippen molar-refractivity contribution in [2.45, 2.75) is 45.6 Å². The van der Waals surface area contributed by atoms with Crippen LogP contribution in [-0.2, 0) is 6.54 Å². The Kier molecular flexibility index (Phi) is 5.28. The summed E-state index contributed by atoms with van der Waals surface area (Å²) in [6.07, 6.45) is 6.74. The first-order chi connectivity index (χ1) is 13.3. The molecule has 0 amide bonds. The van der Waals surface area contributed by atoms with Crippen molar-refractivity contribution in [2.24, 2.45) is 5.92 Å². The molecule has 1 fully saturated rings. The molecular weight excluding hydrogens is 332 g/mol. The zero-order chi connectivity index (χ0) is 18.6. The highest BCUT2D eigenvalue weighted by Gasteiger charge is 2.22. The van der Waals surface area contributed by atoms with Crippen LogP contribution in [0.2, 0.25) is 0 Å². The van der Waals surface area contributed by atoms with Gasteiger partial charge in [0.25, 0.3) is 0 Å². The maximum absolute atomic E-state index is 5.46. The Bertz CT molecular complexity index is 892. The molecule has 4 rings (SSSR count). The van der Waals surface area contributed by atoms with E-state index in [0.29, 0.717) is 0 Å². The molecule has 0 spiro atoms. The smallest absolute Gasteiger partial charge is 0.119 e. The quantitative estimate of drug-likeness (QED) is 0.548. The van der Waals surface area contributed by atoms with E-state index in [9.17, 15) is 0 Å². The van der Waals surface area contributed by atoms with E-state index in [4.69, 9.17) is 9.84 Å². The molecule has 3 aromatic rings. The third kappa shape index (κ3) is 3.78. The van der Waals surface area contributed by atoms with E-state index in [1.165, 1.54) is 54.5 Å². The molecule has 1 heterocycles. The molecule has 0 atom stereocenters. The van der Waals surface area contributed by atoms with Gasteiger partial charge in [-0.05, 0) is 43.4 Å². The summed E-state index contributed by atoms with van der Waals surface area (Å²) in [5.41, 5.74) is 5.92. The van der Waals surface area contributed by atoms with Gasteiger partial charge >= 0.3 is 0 Å². The third-order valence-electron chi connectivity index (χ3n) is 5.69. The predicted octanol–water partition coefficient (Wildman–Crippen LogP) is 6.11. The van der Waals surface area contributed by atoms with Crippen LogP contribution in [0, 0.1) is 12.8 Å². The van der Waals surface area contributed by atoms with Gasteiger partial charge in [-0.2, -0.15) is 5.10 Å². The lowest BCUT2D eigenvalue weighted by atomic mass is 9.89. The summed E-state index contributed by atoms with van der Waals surface area (Å²) in [5.74, 6) is 1.62. The Morgan fingerprint density at radius 2 is 1.70 bits per heavy atom. The number of hydrogen-bond acceptors (Lipinski definition) is 2. The van der Waals surface area contributed by atoms with E-state index in [1.807, 2.05) is 6.07 Å². The highest BCUT2D eigenvalue weighted by atomic mass is 16.5. The molecule has 2 aromatic carbocycles. The fourth-order valence-electron chi connectivity index (χ4n) is 4.34. The van der Waals surface area contributed by atoms with Gasteiger partial charge < -0.3 is 4.74 Å². The van der Waals surface area contributed by atoms with Crippen LogP contribution in [0.4, 0.5) is 0 Å². The molecule has 0 radical (unpaired) electrons. The molecule has 3 nitrogen and oxygen atoms in total. The summed E-state index contributed by atoms with van der Waals surface area (Å²) < 4.78 is 7.72. The molecule has 27 heavy (non-hydrogen) atoms. The first-order valence-electron chi connectivity index (χ1n) is 10.0. The first kappa shape index (κ1) is 17.8. The van der Waals surface area contributed by atoms with E-state index < -0.39 is 0 Å². The van der Waals surface area contributed by atoms with Gasteiger partial charge in [0.1, 0.15) is 5.75 Å². The van der Waals surface area contributed by atoms with Gasteiger partial charge in [-0.15, -0.1) is 0 Å². The van der Waals surface area contributed by atoms with Crippen LogP contribution in [-0.4, -0.2) is 16.9 Å². The molecule has 0 bridgehead atoms. The Hall–Kier alpha value is -2.55. The lowest BCUT2D eigenvalue weighted by Gasteiger charge is -2.22. The molecule has 0 saturated heterocycles. The van der Waals surface area contributed by atoms with E-state index in [-0.39, 0.29) is 0 Å². The normalized spacial score (nSPS) is 15.0. The Morgan fingerprint density at radius 1 is 0.963 bits per heavy atom. The number of rotatable bonds is 5. The Balaban J connectivity index is 1.82. The summed E-state index contributed by atoms with van der Waals surface area (Å²) in [6, 6.07) is 19.0. The van der Waals surface area contributed by atoms with Crippen molar-refractivity contribution in [1.29, 1.82) is 0 Å². The highest BCUT2D eigenvalue weighted by molar-refractivity contribution is 5.83. The second kappa shape index (κ2) is 7.99. The first-order valence-corrected chi connectivity index (χ1v) is 10.0. The maximum Gasteiger partial charge on any atom is 0.119 e. The van der Waals surface area contributed by atoms with Gasteiger partial charge in [-0.3, -0.25) is 4.68 Å². The molecular formula is C24H28N2O. The van der Waals surface area contributed by atoms with Gasteiger partial charge in [0.05, 0.1) is 18.5 Å². The minimum Gasteiger partial charge on any atom is -0.497 e. The molecule has 0 N–H and O–H groups in total. The fourth-order valence-corrected chi connectivity index (χ4v) is 4.34. The van der Waals surface area contributed by atoms with E-state index in [1.54, 1.807) is 7.11 Å². The van der Waals surface area contributed by atoms with Gasteiger partial charge in [0.2, 0.25) is 0 Å². The van der Waals surface area contributed by atoms with Gasteiger partial charge in [0.15, 0.2) is 0 Å². The minimum absolute atomic E-state index is 0.735. The molecule has 1 aliphatic carbocycles. The van der Waals surface area contributed by atoms with Crippen LogP contribution in [0.25, 0.3) is 22.4 Å². The zero-order valence-corrected chi connectivity index (χ0v) is 16.3. The Labute approximate surface area is 162 Å². The molecule has 0 aliphatic heterocycles. The summed E-state index contributed by atoms with van der Waals surface area (Å²) >= 11 is 0. The topological polar surface area (TPSA) is 27.1 Å². The van der Waals surface area contributed by atoms with E-state index in [2.05, 4.69) is 60.1 Å². The SMILES string of the molecule is COc1cccc(-c2c(C)nn(CC3CCCCC3)c2-c2ccccc2)c1. The summed E-state index contributed by atoms with van der Waals surface area (Å²) in [7, 11) is 1.72. The molecule has 1 aromatic heterocycles. The average Bonchev–Trinajstić information content (AvgIpc) is 3.05. The van der Waals surface area contributed by atoms with Crippen LogP contribution in [0.1, 0.15) is 37.8 Å². The van der Waals surface area contributed by atoms with Crippen LogP contribution in [0.3, 0.4) is 0 Å². The summed E-state index contributed by atoms with van der Waals surface area (Å²) in [6.45, 7) is 3.13. The molecule has 0 unspecified atom stereocenters. The average molecular weight is 361 g/mol. The summed E-state index contributed by atoms with van der Waals surface area (Å²) in [5, 5.41) is 4.99. The van der Waals surface area contributed by atoms with Gasteiger partial charge in [0, 0.05) is 17.7 Å². The number of aryl methyl sites for hydroxylation is 1. The lowest BCUT2D eigenvalue weighted by Crippen LogP contribution is -2.16. The number of nitrogens with zero attached hydrogens (tertiary/aromatic N) is 2. The van der Waals surface area contributed by atoms with Crippen LogP contribution in [0.15, 0.2) is 54.6 Å². The number of benzene rings is 2. The van der Waals surface area contributed by atoms with Crippen LogP contribution in [0.5, 0.6) is 5.75 Å². The van der Waals surface area contributed by atoms with Gasteiger partial charge in [-0.25, -0.2) is 0 Å². The van der Waals surface area contributed by atoms with Crippen molar-refractivity contribution in [3.8, 4) is 28.1 Å². The lowest BCUT2D eigenvalue weighted by molar-refractivity contribution is 0.309. The molecule has 1 aliphatic rings. The van der Waals surface area contributed by atoms with Gasteiger partial charge in [-0.1, -0.05) is 61.7 Å². The standard InChI is InChI=1S/C24H28N2O/c1-18-23(21-14-9-15-22(16-21)27-2)24(20-12-7-4-8-13-20)26(25-18)17-19-10-5-3-6-11-19/h4,7-9,12-16,19H,3,5-6,10-11,17H2,1-2H3. The van der Waals surface area contributed by atoms with Crippen molar-refractivity contribution in [3.63, 3.8) is 0 Å². The van der Waals surface area contributed by atoms with Crippen molar-refractivity contribution in [1.82, 2.24) is 9.78 Å². The van der Waals surface area contributed by atoms with Crippen molar-refractivity contribution in [3.05, 3.63) is 60.3 Å². The molecule has 1 saturated carbocycles. The number of ether oxygens (including phenoxy) is 1. The van der Waals surface area contributed by atoms with E-state index in [0.717, 1.165) is 23.9 Å².